The number of nitro groups is 1. The molecule has 0 radical (unpaired) electrons. The molecule has 0 aliphatic heterocycles. The number of carbonyl (C=O) groups is 3. The summed E-state index contributed by atoms with van der Waals surface area (Å²) < 4.78 is 10.1. The van der Waals surface area contributed by atoms with Crippen LogP contribution in [0.25, 0.3) is 0 Å². The van der Waals surface area contributed by atoms with Crippen molar-refractivity contribution in [2.24, 2.45) is 5.73 Å². The summed E-state index contributed by atoms with van der Waals surface area (Å²) >= 11 is 0. The van der Waals surface area contributed by atoms with Crippen molar-refractivity contribution in [2.45, 2.75) is 19.4 Å². The zero-order valence-corrected chi connectivity index (χ0v) is 15.7. The first kappa shape index (κ1) is 21.4. The summed E-state index contributed by atoms with van der Waals surface area (Å²) in [5.41, 5.74) is 5.76. The van der Waals surface area contributed by atoms with Crippen molar-refractivity contribution in [3.63, 3.8) is 0 Å². The number of nitrogens with one attached hydrogen (secondary N) is 1. The van der Waals surface area contributed by atoms with Crippen molar-refractivity contribution in [1.29, 1.82) is 0 Å². The highest BCUT2D eigenvalue weighted by molar-refractivity contribution is 5.97. The zero-order chi connectivity index (χ0) is 21.6. The molecule has 0 fully saturated rings. The van der Waals surface area contributed by atoms with Crippen molar-refractivity contribution >= 4 is 23.5 Å². The van der Waals surface area contributed by atoms with Crippen LogP contribution in [0.1, 0.15) is 22.8 Å². The van der Waals surface area contributed by atoms with E-state index in [0.717, 1.165) is 0 Å². The molecule has 0 aliphatic carbocycles. The predicted octanol–water partition coefficient (Wildman–Crippen LogP) is 1.36. The summed E-state index contributed by atoms with van der Waals surface area (Å²) in [4.78, 5) is 45.6. The number of methoxy groups -OCH3 is 1. The maximum absolute atomic E-state index is 12.4. The summed E-state index contributed by atoms with van der Waals surface area (Å²) in [6, 6.07) is 8.49. The summed E-state index contributed by atoms with van der Waals surface area (Å²) in [6.07, 6.45) is -0.0997. The fourth-order valence-corrected chi connectivity index (χ4v) is 2.56. The molecular formula is C19H19N3O7. The molecule has 152 valence electrons. The highest BCUT2D eigenvalue weighted by atomic mass is 16.6. The first-order valence-electron chi connectivity index (χ1n) is 8.41. The fourth-order valence-electron chi connectivity index (χ4n) is 2.56. The van der Waals surface area contributed by atoms with Crippen LogP contribution in [0.3, 0.4) is 0 Å². The van der Waals surface area contributed by atoms with Gasteiger partial charge in [-0.3, -0.25) is 24.5 Å². The van der Waals surface area contributed by atoms with Crippen molar-refractivity contribution < 1.29 is 28.8 Å². The van der Waals surface area contributed by atoms with E-state index in [4.69, 9.17) is 15.2 Å². The molecule has 10 nitrogen and oxygen atoms in total. The summed E-state index contributed by atoms with van der Waals surface area (Å²) in [5, 5.41) is 13.5. The van der Waals surface area contributed by atoms with Crippen LogP contribution in [-0.4, -0.2) is 35.9 Å². The van der Waals surface area contributed by atoms with Gasteiger partial charge in [-0.2, -0.15) is 0 Å². The number of nitrogens with two attached hydrogens (primary N) is 1. The molecule has 0 saturated carbocycles. The van der Waals surface area contributed by atoms with Crippen molar-refractivity contribution in [1.82, 2.24) is 5.32 Å². The van der Waals surface area contributed by atoms with Gasteiger partial charge >= 0.3 is 5.97 Å². The molecule has 0 unspecified atom stereocenters. The number of ether oxygens (including phenoxy) is 2. The van der Waals surface area contributed by atoms with E-state index >= 15 is 0 Å². The maximum Gasteiger partial charge on any atom is 0.308 e. The van der Waals surface area contributed by atoms with Gasteiger partial charge in [0.05, 0.1) is 12.0 Å². The topological polar surface area (TPSA) is 151 Å². The van der Waals surface area contributed by atoms with Crippen molar-refractivity contribution in [3.05, 3.63) is 63.7 Å². The van der Waals surface area contributed by atoms with Gasteiger partial charge in [0, 0.05) is 36.6 Å². The Morgan fingerprint density at radius 2 is 1.83 bits per heavy atom. The van der Waals surface area contributed by atoms with Gasteiger partial charge in [-0.1, -0.05) is 0 Å². The summed E-state index contributed by atoms with van der Waals surface area (Å²) in [7, 11) is 1.38. The molecule has 0 bridgehead atoms. The van der Waals surface area contributed by atoms with Gasteiger partial charge in [0.1, 0.15) is 17.5 Å². The minimum absolute atomic E-state index is 0.0997. The highest BCUT2D eigenvalue weighted by Gasteiger charge is 2.23. The Hall–Kier alpha value is -3.95. The van der Waals surface area contributed by atoms with E-state index in [-0.39, 0.29) is 23.4 Å². The number of nitrogens with zero attached hydrogens (tertiary/aromatic N) is 1. The highest BCUT2D eigenvalue weighted by Crippen LogP contribution is 2.25. The molecule has 0 aliphatic rings. The maximum atomic E-state index is 12.4. The number of hydrogen-bond acceptors (Lipinski definition) is 7. The second-order valence-corrected chi connectivity index (χ2v) is 6.00. The number of amides is 2. The third kappa shape index (κ3) is 5.76. The third-order valence-corrected chi connectivity index (χ3v) is 3.93. The van der Waals surface area contributed by atoms with E-state index in [2.05, 4.69) is 5.32 Å². The molecule has 2 aromatic rings. The number of rotatable bonds is 8. The molecule has 1 atom stereocenters. The van der Waals surface area contributed by atoms with Crippen LogP contribution in [-0.2, 0) is 16.0 Å². The van der Waals surface area contributed by atoms with Crippen molar-refractivity contribution in [3.8, 4) is 11.5 Å². The lowest BCUT2D eigenvalue weighted by Gasteiger charge is -2.17. The molecule has 2 amide bonds. The standard InChI is InChI=1S/C19H19N3O7/c1-11(23)29-15-6-3-12(4-7-15)19(25)21-16(18(20)24)10-13-9-14(22(26)27)5-8-17(13)28-2/h3-9,16H,10H2,1-2H3,(H2,20,24)(H,21,25)/t16-/m0/s1. The van der Waals surface area contributed by atoms with Crippen LogP contribution < -0.4 is 20.5 Å². The van der Waals surface area contributed by atoms with E-state index in [1.165, 1.54) is 56.5 Å². The molecule has 10 heteroatoms. The van der Waals surface area contributed by atoms with Gasteiger partial charge in [-0.15, -0.1) is 0 Å². The monoisotopic (exact) mass is 401 g/mol. The predicted molar refractivity (Wildman–Crippen MR) is 102 cm³/mol. The molecule has 2 aromatic carbocycles. The van der Waals surface area contributed by atoms with Gasteiger partial charge in [0.15, 0.2) is 0 Å². The molecule has 0 saturated heterocycles. The van der Waals surface area contributed by atoms with Gasteiger partial charge in [0.2, 0.25) is 5.91 Å². The summed E-state index contributed by atoms with van der Waals surface area (Å²) in [5.74, 6) is -1.32. The van der Waals surface area contributed by atoms with Crippen LogP contribution in [0.5, 0.6) is 11.5 Å². The minimum atomic E-state index is -1.13. The molecular weight excluding hydrogens is 382 g/mol. The van der Waals surface area contributed by atoms with Crippen molar-refractivity contribution in [2.75, 3.05) is 7.11 Å². The van der Waals surface area contributed by atoms with Gasteiger partial charge in [0.25, 0.3) is 11.6 Å². The van der Waals surface area contributed by atoms with Crippen LogP contribution in [0.15, 0.2) is 42.5 Å². The van der Waals surface area contributed by atoms with Gasteiger partial charge < -0.3 is 20.5 Å². The average Bonchev–Trinajstić information content (AvgIpc) is 2.67. The second-order valence-electron chi connectivity index (χ2n) is 6.00. The Bertz CT molecular complexity index is 941. The van der Waals surface area contributed by atoms with Gasteiger partial charge in [-0.05, 0) is 30.3 Å². The molecule has 0 spiro atoms. The SMILES string of the molecule is COc1ccc([N+](=O)[O-])cc1C[C@H](NC(=O)c1ccc(OC(C)=O)cc1)C(N)=O. The molecule has 0 heterocycles. The summed E-state index contributed by atoms with van der Waals surface area (Å²) in [6.45, 7) is 1.25. The normalized spacial score (nSPS) is 11.2. The average molecular weight is 401 g/mol. The Morgan fingerprint density at radius 1 is 1.17 bits per heavy atom. The Kier molecular flexibility index (Phi) is 6.85. The lowest BCUT2D eigenvalue weighted by atomic mass is 10.0. The number of nitro benzene ring substituents is 1. The van der Waals surface area contributed by atoms with E-state index in [0.29, 0.717) is 11.3 Å². The first-order valence-corrected chi connectivity index (χ1v) is 8.41. The quantitative estimate of drug-likeness (QED) is 0.293. The number of primary amides is 1. The lowest BCUT2D eigenvalue weighted by Crippen LogP contribution is -2.45. The number of esters is 1. The minimum Gasteiger partial charge on any atom is -0.496 e. The lowest BCUT2D eigenvalue weighted by molar-refractivity contribution is -0.384. The first-order chi connectivity index (χ1) is 13.7. The van der Waals surface area contributed by atoms with Crippen LogP contribution >= 0.6 is 0 Å². The number of benzene rings is 2. The number of hydrogen-bond donors (Lipinski definition) is 2. The van der Waals surface area contributed by atoms with E-state index < -0.39 is 28.7 Å². The number of carbonyl (C=O) groups excluding carboxylic acids is 3. The Balaban J connectivity index is 2.19. The molecule has 3 N–H and O–H groups in total. The molecule has 29 heavy (non-hydrogen) atoms. The smallest absolute Gasteiger partial charge is 0.308 e. The second kappa shape index (κ2) is 9.31. The van der Waals surface area contributed by atoms with E-state index in [9.17, 15) is 24.5 Å². The van der Waals surface area contributed by atoms with E-state index in [1.807, 2.05) is 0 Å². The molecule has 0 aromatic heterocycles. The number of non-ortho nitro benzene ring substituents is 1. The van der Waals surface area contributed by atoms with Crippen LogP contribution in [0, 0.1) is 10.1 Å². The van der Waals surface area contributed by atoms with Gasteiger partial charge in [-0.25, -0.2) is 0 Å². The Morgan fingerprint density at radius 3 is 2.34 bits per heavy atom. The largest absolute Gasteiger partial charge is 0.496 e. The fraction of sp³-hybridized carbons (Fsp3) is 0.211. The zero-order valence-electron chi connectivity index (χ0n) is 15.7. The Labute approximate surface area is 165 Å². The molecule has 2 rings (SSSR count). The van der Waals surface area contributed by atoms with Crippen LogP contribution in [0.2, 0.25) is 0 Å². The van der Waals surface area contributed by atoms with E-state index in [1.54, 1.807) is 0 Å². The third-order valence-electron chi connectivity index (χ3n) is 3.93. The van der Waals surface area contributed by atoms with Crippen LogP contribution in [0.4, 0.5) is 5.69 Å².